The molecule has 0 heterocycles. The van der Waals surface area contributed by atoms with Crippen LogP contribution >= 0.6 is 0 Å². The van der Waals surface area contributed by atoms with Crippen molar-refractivity contribution in [3.63, 3.8) is 0 Å². The topological polar surface area (TPSA) is 147 Å². The van der Waals surface area contributed by atoms with Gasteiger partial charge in [-0.2, -0.15) is 0 Å². The highest BCUT2D eigenvalue weighted by molar-refractivity contribution is 7.89. The summed E-state index contributed by atoms with van der Waals surface area (Å²) in [6.07, 6.45) is -2.01. The van der Waals surface area contributed by atoms with Crippen molar-refractivity contribution >= 4 is 21.7 Å². The van der Waals surface area contributed by atoms with Gasteiger partial charge in [0.25, 0.3) is 5.69 Å². The lowest BCUT2D eigenvalue weighted by Crippen LogP contribution is -2.33. The lowest BCUT2D eigenvalue weighted by molar-refractivity contribution is -0.385. The number of nitrogens with zero attached hydrogens (tertiary/aromatic N) is 1. The maximum absolute atomic E-state index is 12.0. The quantitative estimate of drug-likeness (QED) is 0.474. The molecule has 1 aromatic carbocycles. The van der Waals surface area contributed by atoms with Crippen LogP contribution in [0.15, 0.2) is 23.1 Å². The number of aliphatic carboxylic acids is 1. The van der Waals surface area contributed by atoms with Gasteiger partial charge in [-0.3, -0.25) is 14.9 Å². The summed E-state index contributed by atoms with van der Waals surface area (Å²) in [4.78, 5) is 20.0. The van der Waals surface area contributed by atoms with Gasteiger partial charge >= 0.3 is 5.97 Å². The van der Waals surface area contributed by atoms with Crippen molar-refractivity contribution in [2.45, 2.75) is 24.3 Å². The maximum atomic E-state index is 12.0. The molecule has 0 aliphatic carbocycles. The fraction of sp³-hybridized carbons (Fsp3) is 0.364. The van der Waals surface area contributed by atoms with Crippen LogP contribution in [-0.2, 0) is 14.8 Å². The van der Waals surface area contributed by atoms with Crippen molar-refractivity contribution in [1.29, 1.82) is 0 Å². The van der Waals surface area contributed by atoms with E-state index >= 15 is 0 Å². The molecule has 0 radical (unpaired) electrons. The molecule has 1 unspecified atom stereocenters. The highest BCUT2D eigenvalue weighted by Crippen LogP contribution is 2.21. The summed E-state index contributed by atoms with van der Waals surface area (Å²) in [5.74, 6) is -1.27. The average Bonchev–Trinajstić information content (AvgIpc) is 2.35. The fourth-order valence-electron chi connectivity index (χ4n) is 1.55. The number of hydrogen-bond donors (Lipinski definition) is 3. The first kappa shape index (κ1) is 17.0. The molecule has 21 heavy (non-hydrogen) atoms. The molecule has 1 rings (SSSR count). The van der Waals surface area contributed by atoms with Crippen LogP contribution in [0.4, 0.5) is 5.69 Å². The van der Waals surface area contributed by atoms with E-state index in [1.807, 2.05) is 4.72 Å². The first-order valence-electron chi connectivity index (χ1n) is 5.78. The molecule has 10 heteroatoms. The maximum Gasteiger partial charge on any atom is 0.306 e. The van der Waals surface area contributed by atoms with Crippen molar-refractivity contribution in [2.75, 3.05) is 6.54 Å². The summed E-state index contributed by atoms with van der Waals surface area (Å²) < 4.78 is 26.1. The Balaban J connectivity index is 2.95. The van der Waals surface area contributed by atoms with Crippen LogP contribution in [0, 0.1) is 17.0 Å². The minimum Gasteiger partial charge on any atom is -0.481 e. The van der Waals surface area contributed by atoms with Crippen molar-refractivity contribution in [2.24, 2.45) is 0 Å². The number of carboxylic acids is 1. The fourth-order valence-corrected chi connectivity index (χ4v) is 2.88. The Bertz CT molecular complexity index is 657. The van der Waals surface area contributed by atoms with E-state index < -0.39 is 40.0 Å². The summed E-state index contributed by atoms with van der Waals surface area (Å²) in [6.45, 7) is 0.961. The number of nitro groups is 1. The van der Waals surface area contributed by atoms with Gasteiger partial charge < -0.3 is 10.2 Å². The molecule has 0 saturated carbocycles. The zero-order valence-corrected chi connectivity index (χ0v) is 11.8. The SMILES string of the molecule is Cc1ccc([N+](=O)[O-])cc1S(=O)(=O)NCC(O)CC(=O)O. The third-order valence-electron chi connectivity index (χ3n) is 2.59. The number of hydrogen-bond acceptors (Lipinski definition) is 6. The highest BCUT2D eigenvalue weighted by Gasteiger charge is 2.21. The van der Waals surface area contributed by atoms with Crippen LogP contribution in [0.1, 0.15) is 12.0 Å². The summed E-state index contributed by atoms with van der Waals surface area (Å²) in [5, 5.41) is 28.4. The van der Waals surface area contributed by atoms with Crippen LogP contribution < -0.4 is 4.72 Å². The van der Waals surface area contributed by atoms with E-state index in [4.69, 9.17) is 5.11 Å². The first-order chi connectivity index (χ1) is 9.63. The summed E-state index contributed by atoms with van der Waals surface area (Å²) >= 11 is 0. The first-order valence-corrected chi connectivity index (χ1v) is 7.26. The monoisotopic (exact) mass is 318 g/mol. The number of aryl methyl sites for hydroxylation is 1. The Labute approximate surface area is 120 Å². The molecule has 116 valence electrons. The lowest BCUT2D eigenvalue weighted by atomic mass is 10.2. The number of carboxylic acid groups (broad SMARTS) is 1. The summed E-state index contributed by atoms with van der Waals surface area (Å²) in [6, 6.07) is 3.37. The third-order valence-corrected chi connectivity index (χ3v) is 4.16. The van der Waals surface area contributed by atoms with Crippen molar-refractivity contribution in [1.82, 2.24) is 4.72 Å². The Kier molecular flexibility index (Phi) is 5.35. The van der Waals surface area contributed by atoms with Crippen LogP contribution in [0.5, 0.6) is 0 Å². The average molecular weight is 318 g/mol. The van der Waals surface area contributed by atoms with Gasteiger partial charge in [0.2, 0.25) is 10.0 Å². The second-order valence-electron chi connectivity index (χ2n) is 4.31. The van der Waals surface area contributed by atoms with Gasteiger partial charge in [-0.15, -0.1) is 0 Å². The summed E-state index contributed by atoms with van der Waals surface area (Å²) in [5.41, 5.74) is -0.0899. The highest BCUT2D eigenvalue weighted by atomic mass is 32.2. The Hall–Kier alpha value is -2.04. The van der Waals surface area contributed by atoms with E-state index in [-0.39, 0.29) is 10.6 Å². The van der Waals surface area contributed by atoms with Gasteiger partial charge in [0.15, 0.2) is 0 Å². The molecule has 1 aromatic rings. The molecule has 3 N–H and O–H groups in total. The van der Waals surface area contributed by atoms with Crippen molar-refractivity contribution < 1.29 is 28.3 Å². The number of aliphatic hydroxyl groups excluding tert-OH is 1. The van der Waals surface area contributed by atoms with E-state index in [0.29, 0.717) is 5.56 Å². The number of nitro benzene ring substituents is 1. The van der Waals surface area contributed by atoms with Gasteiger partial charge in [-0.05, 0) is 12.5 Å². The third kappa shape index (κ3) is 4.77. The number of nitrogens with one attached hydrogen (secondary N) is 1. The molecular weight excluding hydrogens is 304 g/mol. The molecule has 0 aliphatic heterocycles. The number of sulfonamides is 1. The van der Waals surface area contributed by atoms with E-state index in [2.05, 4.69) is 0 Å². The van der Waals surface area contributed by atoms with Crippen molar-refractivity contribution in [3.8, 4) is 0 Å². The number of rotatable bonds is 7. The predicted molar refractivity (Wildman–Crippen MR) is 71.3 cm³/mol. The van der Waals surface area contributed by atoms with E-state index in [0.717, 1.165) is 6.07 Å². The predicted octanol–water partition coefficient (Wildman–Crippen LogP) is 0.0171. The molecular formula is C11H14N2O7S. The number of carbonyl (C=O) groups is 1. The Morgan fingerprint density at radius 3 is 2.62 bits per heavy atom. The molecule has 0 bridgehead atoms. The van der Waals surface area contributed by atoms with Gasteiger partial charge in [0.05, 0.1) is 22.3 Å². The van der Waals surface area contributed by atoms with Gasteiger partial charge in [-0.25, -0.2) is 13.1 Å². The van der Waals surface area contributed by atoms with Crippen LogP contribution in [0.2, 0.25) is 0 Å². The number of aliphatic hydroxyl groups is 1. The van der Waals surface area contributed by atoms with E-state index in [9.17, 15) is 28.4 Å². The van der Waals surface area contributed by atoms with Gasteiger partial charge in [0, 0.05) is 18.7 Å². The number of benzene rings is 1. The van der Waals surface area contributed by atoms with Crippen LogP contribution in [0.3, 0.4) is 0 Å². The molecule has 0 amide bonds. The number of non-ortho nitro benzene ring substituents is 1. The van der Waals surface area contributed by atoms with Crippen molar-refractivity contribution in [3.05, 3.63) is 33.9 Å². The summed E-state index contributed by atoms with van der Waals surface area (Å²) in [7, 11) is -4.09. The van der Waals surface area contributed by atoms with Crippen LogP contribution in [-0.4, -0.2) is 42.2 Å². The Morgan fingerprint density at radius 2 is 2.10 bits per heavy atom. The molecule has 0 saturated heterocycles. The standard InChI is InChI=1S/C11H14N2O7S/c1-7-2-3-8(13(17)18)4-10(7)21(19,20)12-6-9(14)5-11(15)16/h2-4,9,12,14H,5-6H2,1H3,(H,15,16). The smallest absolute Gasteiger partial charge is 0.306 e. The molecule has 9 nitrogen and oxygen atoms in total. The molecule has 0 aliphatic rings. The molecule has 0 aromatic heterocycles. The second kappa shape index (κ2) is 6.61. The normalized spacial score (nSPS) is 12.9. The molecule has 1 atom stereocenters. The minimum absolute atomic E-state index is 0.292. The van der Waals surface area contributed by atoms with E-state index in [1.165, 1.54) is 19.1 Å². The largest absolute Gasteiger partial charge is 0.481 e. The Morgan fingerprint density at radius 1 is 1.48 bits per heavy atom. The zero-order valence-electron chi connectivity index (χ0n) is 11.0. The molecule has 0 spiro atoms. The van der Waals surface area contributed by atoms with Gasteiger partial charge in [-0.1, -0.05) is 6.07 Å². The van der Waals surface area contributed by atoms with Crippen LogP contribution in [0.25, 0.3) is 0 Å². The second-order valence-corrected chi connectivity index (χ2v) is 6.05. The molecule has 0 fully saturated rings. The zero-order chi connectivity index (χ0) is 16.2. The van der Waals surface area contributed by atoms with Gasteiger partial charge in [0.1, 0.15) is 0 Å². The lowest BCUT2D eigenvalue weighted by Gasteiger charge is -2.12. The minimum atomic E-state index is -4.09. The van der Waals surface area contributed by atoms with E-state index in [1.54, 1.807) is 0 Å².